The smallest absolute Gasteiger partial charge is 0.326 e. The molecule has 122 valence electrons. The second-order valence-corrected chi connectivity index (χ2v) is 8.47. The van der Waals surface area contributed by atoms with Gasteiger partial charge < -0.3 is 10.4 Å². The summed E-state index contributed by atoms with van der Waals surface area (Å²) in [6.45, 7) is 5.42. The van der Waals surface area contributed by atoms with Crippen LogP contribution in [0.1, 0.15) is 40.0 Å². The zero-order valence-corrected chi connectivity index (χ0v) is 13.7. The molecule has 0 radical (unpaired) electrons. The summed E-state index contributed by atoms with van der Waals surface area (Å²) in [4.78, 5) is 23.6. The number of carboxylic acid groups (broad SMARTS) is 1. The molecule has 2 N–H and O–H groups in total. The lowest BCUT2D eigenvalue weighted by atomic mass is 9.86. The Hall–Kier alpha value is -1.15. The maximum absolute atomic E-state index is 12.3. The number of nitrogens with one attached hydrogen (secondary N) is 1. The highest BCUT2D eigenvalue weighted by Crippen LogP contribution is 2.23. The first-order chi connectivity index (χ1) is 9.44. The van der Waals surface area contributed by atoms with E-state index in [0.717, 1.165) is 17.0 Å². The number of rotatable bonds is 4. The Bertz CT molecular complexity index is 509. The molecule has 0 saturated carbocycles. The van der Waals surface area contributed by atoms with Gasteiger partial charge in [0, 0.05) is 6.54 Å². The maximum Gasteiger partial charge on any atom is 0.326 e. The molecular formula is C13H24N2O5S. The number of carbonyl (C=O) groups excluding carboxylic acids is 1. The minimum absolute atomic E-state index is 0.296. The van der Waals surface area contributed by atoms with Gasteiger partial charge in [0.25, 0.3) is 0 Å². The van der Waals surface area contributed by atoms with E-state index in [-0.39, 0.29) is 0 Å². The van der Waals surface area contributed by atoms with Crippen molar-refractivity contribution < 1.29 is 23.1 Å². The van der Waals surface area contributed by atoms with Gasteiger partial charge in [0.2, 0.25) is 15.9 Å². The molecule has 0 aromatic heterocycles. The number of sulfonamides is 1. The van der Waals surface area contributed by atoms with Crippen LogP contribution in [0.25, 0.3) is 0 Å². The SMILES string of the molecule is CC(C)(C)[C@H](NC(=O)C1CCCCN1S(C)(=O)=O)C(=O)O. The average molecular weight is 320 g/mol. The van der Waals surface area contributed by atoms with Crippen LogP contribution in [0.2, 0.25) is 0 Å². The molecule has 21 heavy (non-hydrogen) atoms. The van der Waals surface area contributed by atoms with Gasteiger partial charge in [-0.2, -0.15) is 4.31 Å². The number of piperidine rings is 1. The zero-order valence-electron chi connectivity index (χ0n) is 12.9. The number of nitrogens with zero attached hydrogens (tertiary/aromatic N) is 1. The zero-order chi connectivity index (χ0) is 16.4. The van der Waals surface area contributed by atoms with Crippen LogP contribution in [-0.2, 0) is 19.6 Å². The largest absolute Gasteiger partial charge is 0.480 e. The van der Waals surface area contributed by atoms with Crippen LogP contribution in [0, 0.1) is 5.41 Å². The topological polar surface area (TPSA) is 104 Å². The van der Waals surface area contributed by atoms with Crippen LogP contribution in [0.4, 0.5) is 0 Å². The second kappa shape index (κ2) is 6.31. The summed E-state index contributed by atoms with van der Waals surface area (Å²) in [5.74, 6) is -1.67. The van der Waals surface area contributed by atoms with Gasteiger partial charge in [-0.05, 0) is 18.3 Å². The molecule has 1 heterocycles. The van der Waals surface area contributed by atoms with E-state index < -0.39 is 39.4 Å². The molecule has 0 spiro atoms. The molecule has 1 fully saturated rings. The van der Waals surface area contributed by atoms with Crippen molar-refractivity contribution in [2.75, 3.05) is 12.8 Å². The normalized spacial score (nSPS) is 22.6. The Morgan fingerprint density at radius 1 is 1.29 bits per heavy atom. The van der Waals surface area contributed by atoms with Crippen molar-refractivity contribution in [3.63, 3.8) is 0 Å². The summed E-state index contributed by atoms with van der Waals surface area (Å²) >= 11 is 0. The van der Waals surface area contributed by atoms with Crippen molar-refractivity contribution in [1.29, 1.82) is 0 Å². The van der Waals surface area contributed by atoms with E-state index in [9.17, 15) is 23.1 Å². The number of amides is 1. The van der Waals surface area contributed by atoms with Crippen LogP contribution in [0.5, 0.6) is 0 Å². The van der Waals surface area contributed by atoms with E-state index in [1.807, 2.05) is 0 Å². The van der Waals surface area contributed by atoms with Gasteiger partial charge in [-0.25, -0.2) is 13.2 Å². The molecule has 8 heteroatoms. The quantitative estimate of drug-likeness (QED) is 0.781. The first kappa shape index (κ1) is 17.9. The standard InChI is InChI=1S/C13H24N2O5S/c1-13(2,3)10(12(17)18)14-11(16)9-7-5-6-8-15(9)21(4,19)20/h9-10H,5-8H2,1-4H3,(H,14,16)(H,17,18)/t9?,10-/m1/s1. The predicted molar refractivity (Wildman–Crippen MR) is 78.2 cm³/mol. The molecule has 0 bridgehead atoms. The Kier molecular flexibility index (Phi) is 5.38. The molecule has 1 saturated heterocycles. The third kappa shape index (κ3) is 4.67. The van der Waals surface area contributed by atoms with Gasteiger partial charge in [0.05, 0.1) is 6.26 Å². The fourth-order valence-corrected chi connectivity index (χ4v) is 3.58. The minimum atomic E-state index is -3.49. The lowest BCUT2D eigenvalue weighted by molar-refractivity contribution is -0.145. The second-order valence-electron chi connectivity index (χ2n) is 6.53. The lowest BCUT2D eigenvalue weighted by Crippen LogP contribution is -2.57. The molecule has 1 amide bonds. The van der Waals surface area contributed by atoms with Gasteiger partial charge >= 0.3 is 5.97 Å². The molecule has 1 unspecified atom stereocenters. The van der Waals surface area contributed by atoms with Crippen molar-refractivity contribution in [1.82, 2.24) is 9.62 Å². The lowest BCUT2D eigenvalue weighted by Gasteiger charge is -2.35. The van der Waals surface area contributed by atoms with Gasteiger partial charge in [-0.3, -0.25) is 4.79 Å². The van der Waals surface area contributed by atoms with E-state index in [1.165, 1.54) is 0 Å². The van der Waals surface area contributed by atoms with Crippen molar-refractivity contribution in [3.05, 3.63) is 0 Å². The van der Waals surface area contributed by atoms with Crippen molar-refractivity contribution in [3.8, 4) is 0 Å². The number of aliphatic carboxylic acids is 1. The molecular weight excluding hydrogens is 296 g/mol. The molecule has 7 nitrogen and oxygen atoms in total. The van der Waals surface area contributed by atoms with E-state index in [1.54, 1.807) is 20.8 Å². The first-order valence-electron chi connectivity index (χ1n) is 6.94. The number of carbonyl (C=O) groups is 2. The Labute approximate surface area is 125 Å². The third-order valence-electron chi connectivity index (χ3n) is 3.58. The summed E-state index contributed by atoms with van der Waals surface area (Å²) < 4.78 is 24.7. The maximum atomic E-state index is 12.3. The van der Waals surface area contributed by atoms with Crippen LogP contribution < -0.4 is 5.32 Å². The number of hydrogen-bond acceptors (Lipinski definition) is 4. The van der Waals surface area contributed by atoms with Crippen LogP contribution >= 0.6 is 0 Å². The van der Waals surface area contributed by atoms with Gasteiger partial charge in [-0.1, -0.05) is 27.2 Å². The molecule has 2 atom stereocenters. The van der Waals surface area contributed by atoms with Gasteiger partial charge in [0.15, 0.2) is 0 Å². The van der Waals surface area contributed by atoms with Gasteiger partial charge in [0.1, 0.15) is 12.1 Å². The molecule has 0 aromatic rings. The minimum Gasteiger partial charge on any atom is -0.480 e. The monoisotopic (exact) mass is 320 g/mol. The Morgan fingerprint density at radius 2 is 1.86 bits per heavy atom. The summed E-state index contributed by atoms with van der Waals surface area (Å²) in [5.41, 5.74) is -0.661. The summed E-state index contributed by atoms with van der Waals surface area (Å²) in [6, 6.07) is -1.88. The van der Waals surface area contributed by atoms with E-state index in [4.69, 9.17) is 0 Å². The van der Waals surface area contributed by atoms with E-state index in [0.29, 0.717) is 19.4 Å². The van der Waals surface area contributed by atoms with Crippen molar-refractivity contribution in [2.24, 2.45) is 5.41 Å². The van der Waals surface area contributed by atoms with E-state index in [2.05, 4.69) is 5.32 Å². The summed E-state index contributed by atoms with van der Waals surface area (Å²) in [7, 11) is -3.49. The highest BCUT2D eigenvalue weighted by molar-refractivity contribution is 7.88. The summed E-state index contributed by atoms with van der Waals surface area (Å²) in [5, 5.41) is 11.7. The molecule has 1 aliphatic heterocycles. The van der Waals surface area contributed by atoms with Crippen LogP contribution in [0.15, 0.2) is 0 Å². The first-order valence-corrected chi connectivity index (χ1v) is 8.79. The van der Waals surface area contributed by atoms with Crippen LogP contribution in [0.3, 0.4) is 0 Å². The molecule has 0 aromatic carbocycles. The number of hydrogen-bond donors (Lipinski definition) is 2. The number of carboxylic acids is 1. The van der Waals surface area contributed by atoms with E-state index >= 15 is 0 Å². The predicted octanol–water partition coefficient (Wildman–Crippen LogP) is 0.416. The van der Waals surface area contributed by atoms with Gasteiger partial charge in [-0.15, -0.1) is 0 Å². The fraction of sp³-hybridized carbons (Fsp3) is 0.846. The van der Waals surface area contributed by atoms with Crippen molar-refractivity contribution >= 4 is 21.9 Å². The Morgan fingerprint density at radius 3 is 2.29 bits per heavy atom. The molecule has 1 aliphatic rings. The Balaban J connectivity index is 2.92. The highest BCUT2D eigenvalue weighted by atomic mass is 32.2. The fourth-order valence-electron chi connectivity index (χ4n) is 2.45. The average Bonchev–Trinajstić information content (AvgIpc) is 2.32. The van der Waals surface area contributed by atoms with Crippen LogP contribution in [-0.4, -0.2) is 54.6 Å². The summed E-state index contributed by atoms with van der Waals surface area (Å²) in [6.07, 6.45) is 2.93. The van der Waals surface area contributed by atoms with Crippen molar-refractivity contribution in [2.45, 2.75) is 52.1 Å². The molecule has 1 rings (SSSR count). The molecule has 0 aliphatic carbocycles. The highest BCUT2D eigenvalue weighted by Gasteiger charge is 2.39. The third-order valence-corrected chi connectivity index (χ3v) is 4.87.